The second kappa shape index (κ2) is 3.60. The number of hydrogen-bond acceptors (Lipinski definition) is 2. The molecule has 70 valence electrons. The number of nitrogens with zero attached hydrogens (tertiary/aromatic N) is 1. The molecule has 0 unspecified atom stereocenters. The highest BCUT2D eigenvalue weighted by Gasteiger charge is 2.24. The Morgan fingerprint density at radius 3 is 3.08 bits per heavy atom. The van der Waals surface area contributed by atoms with Crippen LogP contribution in [0.5, 0.6) is 0 Å². The molecule has 1 aliphatic rings. The normalized spacial score (nSPS) is 16.6. The molecule has 4 nitrogen and oxygen atoms in total. The van der Waals surface area contributed by atoms with E-state index in [9.17, 15) is 4.79 Å². The predicted octanol–water partition coefficient (Wildman–Crippen LogP) is 0.826. The van der Waals surface area contributed by atoms with Crippen LogP contribution in [-0.2, 0) is 11.3 Å². The molecular formula is C9H13N3O. The summed E-state index contributed by atoms with van der Waals surface area (Å²) in [6.45, 7) is 0.589. The zero-order chi connectivity index (χ0) is 9.10. The Balaban J connectivity index is 1.76. The highest BCUT2D eigenvalue weighted by atomic mass is 16.1. The average Bonchev–Trinajstić information content (AvgIpc) is 2.49. The summed E-state index contributed by atoms with van der Waals surface area (Å²) >= 11 is 0. The number of hydrogen-bond donors (Lipinski definition) is 2. The Morgan fingerprint density at radius 2 is 2.54 bits per heavy atom. The van der Waals surface area contributed by atoms with Crippen LogP contribution >= 0.6 is 0 Å². The molecule has 2 N–H and O–H groups in total. The third-order valence-electron chi connectivity index (χ3n) is 2.50. The Kier molecular flexibility index (Phi) is 2.29. The van der Waals surface area contributed by atoms with Gasteiger partial charge in [-0.05, 0) is 12.8 Å². The summed E-state index contributed by atoms with van der Waals surface area (Å²) in [5.41, 5.74) is 1.02. The summed E-state index contributed by atoms with van der Waals surface area (Å²) in [7, 11) is 0. The Labute approximate surface area is 76.7 Å². The van der Waals surface area contributed by atoms with E-state index in [0.717, 1.165) is 18.4 Å². The first-order chi connectivity index (χ1) is 6.36. The number of amides is 1. The van der Waals surface area contributed by atoms with Crippen molar-refractivity contribution in [1.29, 1.82) is 0 Å². The quantitative estimate of drug-likeness (QED) is 0.722. The molecule has 0 bridgehead atoms. The lowest BCUT2D eigenvalue weighted by atomic mass is 9.85. The third-order valence-corrected chi connectivity index (χ3v) is 2.50. The van der Waals surface area contributed by atoms with E-state index in [1.165, 1.54) is 6.42 Å². The molecule has 0 saturated heterocycles. The molecule has 1 aromatic rings. The molecule has 0 aliphatic heterocycles. The number of carbonyl (C=O) groups excluding carboxylic acids is 1. The molecule has 4 heteroatoms. The van der Waals surface area contributed by atoms with Gasteiger partial charge in [0.1, 0.15) is 0 Å². The fourth-order valence-electron chi connectivity index (χ4n) is 1.38. The van der Waals surface area contributed by atoms with Crippen LogP contribution in [0.2, 0.25) is 0 Å². The standard InChI is InChI=1S/C9H13N3O/c13-9(8-2-1-3-8)10-4-7-5-11-12-6-7/h5-6,8H,1-4H2,(H,10,13)(H,11,12). The second-order valence-corrected chi connectivity index (χ2v) is 3.45. The largest absolute Gasteiger partial charge is 0.352 e. The van der Waals surface area contributed by atoms with Crippen molar-refractivity contribution in [2.24, 2.45) is 5.92 Å². The van der Waals surface area contributed by atoms with Gasteiger partial charge < -0.3 is 5.32 Å². The first-order valence-electron chi connectivity index (χ1n) is 4.61. The molecule has 0 aromatic carbocycles. The van der Waals surface area contributed by atoms with E-state index in [1.807, 2.05) is 0 Å². The van der Waals surface area contributed by atoms with Crippen molar-refractivity contribution in [1.82, 2.24) is 15.5 Å². The molecule has 1 heterocycles. The van der Waals surface area contributed by atoms with Crippen LogP contribution in [0.4, 0.5) is 0 Å². The van der Waals surface area contributed by atoms with Gasteiger partial charge in [0.25, 0.3) is 0 Å². The maximum Gasteiger partial charge on any atom is 0.223 e. The van der Waals surface area contributed by atoms with E-state index in [2.05, 4.69) is 15.5 Å². The van der Waals surface area contributed by atoms with E-state index in [4.69, 9.17) is 0 Å². The molecule has 1 aliphatic carbocycles. The van der Waals surface area contributed by atoms with E-state index < -0.39 is 0 Å². The molecule has 0 spiro atoms. The van der Waals surface area contributed by atoms with Crippen LogP contribution in [0.3, 0.4) is 0 Å². The highest BCUT2D eigenvalue weighted by molar-refractivity contribution is 5.79. The van der Waals surface area contributed by atoms with E-state index in [0.29, 0.717) is 6.54 Å². The number of nitrogens with one attached hydrogen (secondary N) is 2. The predicted molar refractivity (Wildman–Crippen MR) is 47.8 cm³/mol. The lowest BCUT2D eigenvalue weighted by molar-refractivity contribution is -0.127. The Hall–Kier alpha value is -1.32. The van der Waals surface area contributed by atoms with Crippen molar-refractivity contribution in [3.8, 4) is 0 Å². The maximum absolute atomic E-state index is 11.4. The van der Waals surface area contributed by atoms with Gasteiger partial charge in [-0.3, -0.25) is 9.89 Å². The minimum Gasteiger partial charge on any atom is -0.352 e. The topological polar surface area (TPSA) is 57.8 Å². The van der Waals surface area contributed by atoms with Crippen LogP contribution in [0.1, 0.15) is 24.8 Å². The van der Waals surface area contributed by atoms with Crippen molar-refractivity contribution in [3.05, 3.63) is 18.0 Å². The first-order valence-corrected chi connectivity index (χ1v) is 4.61. The van der Waals surface area contributed by atoms with Crippen molar-refractivity contribution in [2.75, 3.05) is 0 Å². The summed E-state index contributed by atoms with van der Waals surface area (Å²) in [5.74, 6) is 0.458. The first kappa shape index (κ1) is 8.29. The molecule has 1 saturated carbocycles. The lowest BCUT2D eigenvalue weighted by Crippen LogP contribution is -2.33. The number of carbonyl (C=O) groups is 1. The monoisotopic (exact) mass is 179 g/mol. The molecule has 0 radical (unpaired) electrons. The second-order valence-electron chi connectivity index (χ2n) is 3.45. The average molecular weight is 179 g/mol. The van der Waals surface area contributed by atoms with Gasteiger partial charge in [-0.25, -0.2) is 0 Å². The van der Waals surface area contributed by atoms with Gasteiger partial charge in [0, 0.05) is 24.2 Å². The third kappa shape index (κ3) is 1.88. The van der Waals surface area contributed by atoms with Gasteiger partial charge in [0.15, 0.2) is 0 Å². The van der Waals surface area contributed by atoms with E-state index in [1.54, 1.807) is 12.4 Å². The minimum atomic E-state index is 0.187. The summed E-state index contributed by atoms with van der Waals surface area (Å²) in [5, 5.41) is 9.40. The van der Waals surface area contributed by atoms with Crippen LogP contribution in [-0.4, -0.2) is 16.1 Å². The smallest absolute Gasteiger partial charge is 0.223 e. The number of H-pyrrole nitrogens is 1. The van der Waals surface area contributed by atoms with Crippen molar-refractivity contribution in [2.45, 2.75) is 25.8 Å². The number of rotatable bonds is 3. The summed E-state index contributed by atoms with van der Waals surface area (Å²) in [6.07, 6.45) is 6.82. The SMILES string of the molecule is O=C(NCc1cn[nH]c1)C1CCC1. The van der Waals surface area contributed by atoms with Gasteiger partial charge in [-0.15, -0.1) is 0 Å². The van der Waals surface area contributed by atoms with Crippen LogP contribution in [0, 0.1) is 5.92 Å². The van der Waals surface area contributed by atoms with Crippen molar-refractivity contribution >= 4 is 5.91 Å². The zero-order valence-corrected chi connectivity index (χ0v) is 7.42. The number of aromatic amines is 1. The summed E-state index contributed by atoms with van der Waals surface area (Å²) in [4.78, 5) is 11.4. The maximum atomic E-state index is 11.4. The molecule has 0 atom stereocenters. The molecular weight excluding hydrogens is 166 g/mol. The van der Waals surface area contributed by atoms with Gasteiger partial charge >= 0.3 is 0 Å². The molecule has 13 heavy (non-hydrogen) atoms. The molecule has 1 aromatic heterocycles. The van der Waals surface area contributed by atoms with Gasteiger partial charge in [-0.2, -0.15) is 5.10 Å². The van der Waals surface area contributed by atoms with Gasteiger partial charge in [-0.1, -0.05) is 6.42 Å². The van der Waals surface area contributed by atoms with Gasteiger partial charge in [0.05, 0.1) is 6.20 Å². The van der Waals surface area contributed by atoms with Crippen LogP contribution < -0.4 is 5.32 Å². The van der Waals surface area contributed by atoms with Crippen LogP contribution in [0.25, 0.3) is 0 Å². The van der Waals surface area contributed by atoms with Crippen LogP contribution in [0.15, 0.2) is 12.4 Å². The molecule has 1 fully saturated rings. The highest BCUT2D eigenvalue weighted by Crippen LogP contribution is 2.26. The summed E-state index contributed by atoms with van der Waals surface area (Å²) in [6, 6.07) is 0. The Morgan fingerprint density at radius 1 is 1.69 bits per heavy atom. The molecule has 2 rings (SSSR count). The van der Waals surface area contributed by atoms with E-state index in [-0.39, 0.29) is 11.8 Å². The fourth-order valence-corrected chi connectivity index (χ4v) is 1.38. The fraction of sp³-hybridized carbons (Fsp3) is 0.556. The Bertz CT molecular complexity index is 277. The van der Waals surface area contributed by atoms with Crippen molar-refractivity contribution < 1.29 is 4.79 Å². The molecule has 1 amide bonds. The zero-order valence-electron chi connectivity index (χ0n) is 7.42. The van der Waals surface area contributed by atoms with E-state index >= 15 is 0 Å². The lowest BCUT2D eigenvalue weighted by Gasteiger charge is -2.23. The minimum absolute atomic E-state index is 0.187. The van der Waals surface area contributed by atoms with Gasteiger partial charge in [0.2, 0.25) is 5.91 Å². The summed E-state index contributed by atoms with van der Waals surface area (Å²) < 4.78 is 0. The number of aromatic nitrogens is 2. The van der Waals surface area contributed by atoms with Crippen molar-refractivity contribution in [3.63, 3.8) is 0 Å².